The average molecular weight is 315 g/mol. The van der Waals surface area contributed by atoms with E-state index in [1.54, 1.807) is 0 Å². The van der Waals surface area contributed by atoms with Gasteiger partial charge >= 0.3 is 0 Å². The van der Waals surface area contributed by atoms with E-state index in [4.69, 9.17) is 0 Å². The number of alkyl halides is 1. The van der Waals surface area contributed by atoms with Crippen LogP contribution in [0, 0.1) is 0 Å². The Bertz CT molecular complexity index is 578. The van der Waals surface area contributed by atoms with Gasteiger partial charge in [-0.25, -0.2) is 0 Å². The van der Waals surface area contributed by atoms with Crippen LogP contribution >= 0.6 is 15.9 Å². The quantitative estimate of drug-likeness (QED) is 0.771. The highest BCUT2D eigenvalue weighted by molar-refractivity contribution is 9.09. The third-order valence-electron chi connectivity index (χ3n) is 3.44. The maximum absolute atomic E-state index is 4.51. The van der Waals surface area contributed by atoms with Crippen molar-refractivity contribution in [2.24, 2.45) is 0 Å². The molecule has 0 amide bonds. The molecule has 0 aromatic carbocycles. The molecule has 0 radical (unpaired) electrons. The van der Waals surface area contributed by atoms with Gasteiger partial charge in [0.2, 0.25) is 0 Å². The van der Waals surface area contributed by atoms with Crippen molar-refractivity contribution in [3.63, 3.8) is 0 Å². The molecular formula is C16H15BrN2. The van der Waals surface area contributed by atoms with Crippen molar-refractivity contribution >= 4 is 27.1 Å². The second kappa shape index (κ2) is 5.66. The topological polar surface area (TPSA) is 25.8 Å². The lowest BCUT2D eigenvalue weighted by atomic mass is 9.87. The van der Waals surface area contributed by atoms with Crippen LogP contribution in [-0.2, 0) is 0 Å². The maximum atomic E-state index is 4.51. The van der Waals surface area contributed by atoms with E-state index < -0.39 is 0 Å². The molecule has 2 aromatic rings. The Morgan fingerprint density at radius 3 is 2.26 bits per heavy atom. The van der Waals surface area contributed by atoms with Gasteiger partial charge in [0.25, 0.3) is 0 Å². The molecular weight excluding hydrogens is 300 g/mol. The summed E-state index contributed by atoms with van der Waals surface area (Å²) in [7, 11) is 0. The van der Waals surface area contributed by atoms with E-state index in [1.807, 2.05) is 36.7 Å². The summed E-state index contributed by atoms with van der Waals surface area (Å²) >= 11 is 3.80. The van der Waals surface area contributed by atoms with Crippen molar-refractivity contribution in [2.75, 3.05) is 0 Å². The van der Waals surface area contributed by atoms with Crippen LogP contribution < -0.4 is 0 Å². The maximum Gasteiger partial charge on any atom is 0.0676 e. The van der Waals surface area contributed by atoms with Gasteiger partial charge in [-0.3, -0.25) is 9.97 Å². The number of rotatable bonds is 2. The first-order chi connectivity index (χ1) is 9.36. The average Bonchev–Trinajstić information content (AvgIpc) is 2.49. The third-order valence-corrected chi connectivity index (χ3v) is 4.35. The molecule has 0 N–H and O–H groups in total. The molecule has 0 saturated carbocycles. The number of hydrogen-bond acceptors (Lipinski definition) is 2. The van der Waals surface area contributed by atoms with E-state index >= 15 is 0 Å². The molecule has 0 bridgehead atoms. The van der Waals surface area contributed by atoms with Gasteiger partial charge in [-0.15, -0.1) is 0 Å². The summed E-state index contributed by atoms with van der Waals surface area (Å²) in [6, 6.07) is 12.2. The number of pyridine rings is 2. The molecule has 0 fully saturated rings. The molecule has 2 heterocycles. The van der Waals surface area contributed by atoms with Crippen LogP contribution in [0.1, 0.15) is 30.7 Å². The number of halogens is 1. The van der Waals surface area contributed by atoms with E-state index in [2.05, 4.69) is 38.0 Å². The zero-order valence-electron chi connectivity index (χ0n) is 10.6. The standard InChI is InChI=1S/C16H15BrN2/c17-13-7-5-6-12(14-8-1-3-10-18-14)16(13)15-9-2-4-11-19-15/h1-4,8-11,13H,5-7H2. The fourth-order valence-corrected chi connectivity index (χ4v) is 3.41. The van der Waals surface area contributed by atoms with Gasteiger partial charge in [0.05, 0.1) is 11.4 Å². The van der Waals surface area contributed by atoms with Crippen LogP contribution in [-0.4, -0.2) is 14.8 Å². The first-order valence-electron chi connectivity index (χ1n) is 6.56. The summed E-state index contributed by atoms with van der Waals surface area (Å²) in [6.07, 6.45) is 7.13. The summed E-state index contributed by atoms with van der Waals surface area (Å²) in [5.41, 5.74) is 4.76. The van der Waals surface area contributed by atoms with Crippen LogP contribution in [0.2, 0.25) is 0 Å². The van der Waals surface area contributed by atoms with E-state index in [0.29, 0.717) is 4.83 Å². The molecule has 19 heavy (non-hydrogen) atoms. The smallest absolute Gasteiger partial charge is 0.0676 e. The molecule has 3 rings (SSSR count). The van der Waals surface area contributed by atoms with Crippen molar-refractivity contribution in [3.8, 4) is 0 Å². The van der Waals surface area contributed by atoms with Crippen molar-refractivity contribution in [1.82, 2.24) is 9.97 Å². The fraction of sp³-hybridized carbons (Fsp3) is 0.250. The van der Waals surface area contributed by atoms with Crippen LogP contribution in [0.15, 0.2) is 48.8 Å². The summed E-state index contributed by atoms with van der Waals surface area (Å²) < 4.78 is 0. The van der Waals surface area contributed by atoms with Crippen molar-refractivity contribution < 1.29 is 0 Å². The summed E-state index contributed by atoms with van der Waals surface area (Å²) in [4.78, 5) is 9.39. The molecule has 0 aliphatic heterocycles. The molecule has 1 aliphatic rings. The second-order valence-electron chi connectivity index (χ2n) is 4.68. The van der Waals surface area contributed by atoms with Gasteiger partial charge in [0.15, 0.2) is 0 Å². The zero-order valence-corrected chi connectivity index (χ0v) is 12.2. The Balaban J connectivity index is 2.15. The first kappa shape index (κ1) is 12.5. The van der Waals surface area contributed by atoms with Crippen LogP contribution in [0.4, 0.5) is 0 Å². The third kappa shape index (κ3) is 2.61. The lowest BCUT2D eigenvalue weighted by Gasteiger charge is -2.24. The Hall–Kier alpha value is -1.48. The largest absolute Gasteiger partial charge is 0.257 e. The number of aromatic nitrogens is 2. The minimum absolute atomic E-state index is 0.369. The van der Waals surface area contributed by atoms with Gasteiger partial charge in [-0.2, -0.15) is 0 Å². The molecule has 2 aromatic heterocycles. The summed E-state index contributed by atoms with van der Waals surface area (Å²) in [6.45, 7) is 0. The molecule has 1 unspecified atom stereocenters. The van der Waals surface area contributed by atoms with E-state index in [9.17, 15) is 0 Å². The predicted molar refractivity (Wildman–Crippen MR) is 81.9 cm³/mol. The summed E-state index contributed by atoms with van der Waals surface area (Å²) in [5.74, 6) is 0. The van der Waals surface area contributed by atoms with Gasteiger partial charge in [-0.1, -0.05) is 28.1 Å². The SMILES string of the molecule is BrC1CCCC(c2ccccn2)=C1c1ccccn1. The minimum Gasteiger partial charge on any atom is -0.257 e. The molecule has 1 aliphatic carbocycles. The van der Waals surface area contributed by atoms with Crippen LogP contribution in [0.25, 0.3) is 11.1 Å². The number of allylic oxidation sites excluding steroid dienone is 2. The first-order valence-corrected chi connectivity index (χ1v) is 7.48. The number of nitrogens with zero attached hydrogens (tertiary/aromatic N) is 2. The van der Waals surface area contributed by atoms with Crippen molar-refractivity contribution in [3.05, 3.63) is 60.2 Å². The Morgan fingerprint density at radius 1 is 0.947 bits per heavy atom. The lowest BCUT2D eigenvalue weighted by Crippen LogP contribution is -2.12. The van der Waals surface area contributed by atoms with Crippen molar-refractivity contribution in [2.45, 2.75) is 24.1 Å². The predicted octanol–water partition coefficient (Wildman–Crippen LogP) is 4.33. The molecule has 96 valence electrons. The highest BCUT2D eigenvalue weighted by Gasteiger charge is 2.24. The Morgan fingerprint density at radius 2 is 1.63 bits per heavy atom. The fourth-order valence-electron chi connectivity index (χ4n) is 2.57. The second-order valence-corrected chi connectivity index (χ2v) is 5.79. The normalized spacial score (nSPS) is 19.5. The van der Waals surface area contributed by atoms with Gasteiger partial charge in [0.1, 0.15) is 0 Å². The van der Waals surface area contributed by atoms with E-state index in [0.717, 1.165) is 24.2 Å². The molecule has 1 atom stereocenters. The molecule has 0 spiro atoms. The highest BCUT2D eigenvalue weighted by Crippen LogP contribution is 2.40. The lowest BCUT2D eigenvalue weighted by molar-refractivity contribution is 0.765. The molecule has 0 saturated heterocycles. The van der Waals surface area contributed by atoms with Crippen LogP contribution in [0.3, 0.4) is 0 Å². The number of hydrogen-bond donors (Lipinski definition) is 0. The highest BCUT2D eigenvalue weighted by atomic mass is 79.9. The zero-order chi connectivity index (χ0) is 13.1. The minimum atomic E-state index is 0.369. The van der Waals surface area contributed by atoms with Gasteiger partial charge in [0, 0.05) is 17.2 Å². The van der Waals surface area contributed by atoms with Crippen LogP contribution in [0.5, 0.6) is 0 Å². The Labute approximate surface area is 121 Å². The van der Waals surface area contributed by atoms with Gasteiger partial charge in [-0.05, 0) is 54.7 Å². The molecule has 3 heteroatoms. The van der Waals surface area contributed by atoms with Gasteiger partial charge < -0.3 is 0 Å². The molecule has 2 nitrogen and oxygen atoms in total. The monoisotopic (exact) mass is 314 g/mol. The van der Waals surface area contributed by atoms with E-state index in [-0.39, 0.29) is 0 Å². The Kier molecular flexibility index (Phi) is 3.74. The summed E-state index contributed by atoms with van der Waals surface area (Å²) in [5, 5.41) is 0. The van der Waals surface area contributed by atoms with Crippen molar-refractivity contribution in [1.29, 1.82) is 0 Å². The van der Waals surface area contributed by atoms with E-state index in [1.165, 1.54) is 17.6 Å².